The van der Waals surface area contributed by atoms with Gasteiger partial charge >= 0.3 is 0 Å². The maximum absolute atomic E-state index is 13.0. The van der Waals surface area contributed by atoms with Gasteiger partial charge in [-0.05, 0) is 77.3 Å². The van der Waals surface area contributed by atoms with Gasteiger partial charge in [-0.25, -0.2) is 0 Å². The Balaban J connectivity index is 1.41. The van der Waals surface area contributed by atoms with Crippen LogP contribution in [0.15, 0.2) is 29.4 Å². The first-order valence-corrected chi connectivity index (χ1v) is 10.7. The minimum Gasteiger partial charge on any atom is -0.493 e. The predicted molar refractivity (Wildman–Crippen MR) is 111 cm³/mol. The zero-order valence-electron chi connectivity index (χ0n) is 15.7. The van der Waals surface area contributed by atoms with Crippen LogP contribution >= 0.6 is 22.6 Å². The highest BCUT2D eigenvalue weighted by molar-refractivity contribution is 14.1. The van der Waals surface area contributed by atoms with E-state index in [1.165, 1.54) is 0 Å². The number of benzene rings is 1. The molecule has 6 rings (SSSR count). The Morgan fingerprint density at radius 3 is 2.39 bits per heavy atom. The van der Waals surface area contributed by atoms with Crippen LogP contribution in [0.3, 0.4) is 0 Å². The standard InChI is InChI=1S/C21H21IN2O4/c1-3-28-19-15(22)6-10(7-16(19)27-2)9-23-24-20(25)17-11-4-5-12(14-8-13(11)14)18(17)21(24)26/h4-7,9,11-14,17-18H,3,8H2,1-2H3. The molecule has 1 aromatic rings. The summed E-state index contributed by atoms with van der Waals surface area (Å²) in [5, 5.41) is 5.39. The van der Waals surface area contributed by atoms with Crippen molar-refractivity contribution in [1.29, 1.82) is 0 Å². The van der Waals surface area contributed by atoms with Crippen molar-refractivity contribution in [2.24, 2.45) is 40.6 Å². The second kappa shape index (κ2) is 6.57. The molecule has 5 aliphatic rings. The lowest BCUT2D eigenvalue weighted by Gasteiger charge is -2.37. The predicted octanol–water partition coefficient (Wildman–Crippen LogP) is 3.09. The van der Waals surface area contributed by atoms with Crippen LogP contribution in [0, 0.1) is 39.1 Å². The van der Waals surface area contributed by atoms with E-state index in [1.807, 2.05) is 13.0 Å². The highest BCUT2D eigenvalue weighted by Crippen LogP contribution is 2.65. The van der Waals surface area contributed by atoms with Gasteiger partial charge in [0, 0.05) is 0 Å². The first-order chi connectivity index (χ1) is 13.5. The number of amides is 2. The number of hydrogen-bond donors (Lipinski definition) is 0. The van der Waals surface area contributed by atoms with E-state index in [2.05, 4.69) is 39.8 Å². The fourth-order valence-corrected chi connectivity index (χ4v) is 6.06. The number of nitrogens with zero attached hydrogens (tertiary/aromatic N) is 2. The number of allylic oxidation sites excluding steroid dienone is 2. The van der Waals surface area contributed by atoms with Gasteiger partial charge in [0.05, 0.1) is 35.3 Å². The van der Waals surface area contributed by atoms with Crippen LogP contribution in [0.25, 0.3) is 0 Å². The van der Waals surface area contributed by atoms with E-state index in [9.17, 15) is 9.59 Å². The van der Waals surface area contributed by atoms with E-state index in [0.717, 1.165) is 20.6 Å². The Hall–Kier alpha value is -1.90. The summed E-state index contributed by atoms with van der Waals surface area (Å²) in [6, 6.07) is 3.70. The fraction of sp³-hybridized carbons (Fsp3) is 0.476. The minimum absolute atomic E-state index is 0.149. The largest absolute Gasteiger partial charge is 0.493 e. The molecule has 6 unspecified atom stereocenters. The molecule has 1 aliphatic heterocycles. The lowest BCUT2D eigenvalue weighted by atomic mass is 9.63. The smallest absolute Gasteiger partial charge is 0.254 e. The molecule has 146 valence electrons. The zero-order valence-corrected chi connectivity index (χ0v) is 17.8. The van der Waals surface area contributed by atoms with E-state index in [4.69, 9.17) is 9.47 Å². The van der Waals surface area contributed by atoms with Gasteiger partial charge in [0.25, 0.3) is 11.8 Å². The maximum Gasteiger partial charge on any atom is 0.254 e. The van der Waals surface area contributed by atoms with Crippen LogP contribution in [-0.2, 0) is 9.59 Å². The highest BCUT2D eigenvalue weighted by Gasteiger charge is 2.67. The number of carbonyl (C=O) groups is 2. The lowest BCUT2D eigenvalue weighted by Crippen LogP contribution is -2.40. The third-order valence-corrected chi connectivity index (χ3v) is 7.30. The maximum atomic E-state index is 13.0. The van der Waals surface area contributed by atoms with Crippen LogP contribution in [-0.4, -0.2) is 36.8 Å². The molecule has 2 bridgehead atoms. The van der Waals surface area contributed by atoms with Gasteiger partial charge in [-0.15, -0.1) is 0 Å². The normalized spacial score (nSPS) is 34.8. The number of carbonyl (C=O) groups excluding carboxylic acids is 2. The van der Waals surface area contributed by atoms with Crippen molar-refractivity contribution in [3.05, 3.63) is 33.4 Å². The summed E-state index contributed by atoms with van der Waals surface area (Å²) in [5.41, 5.74) is 0.754. The van der Waals surface area contributed by atoms with Gasteiger partial charge in [0.2, 0.25) is 0 Å². The summed E-state index contributed by atoms with van der Waals surface area (Å²) in [6.45, 7) is 2.46. The molecular weight excluding hydrogens is 471 g/mol. The molecule has 2 saturated carbocycles. The van der Waals surface area contributed by atoms with Gasteiger partial charge in [0.15, 0.2) is 11.5 Å². The van der Waals surface area contributed by atoms with Crippen molar-refractivity contribution < 1.29 is 19.1 Å². The Labute approximate surface area is 177 Å². The second-order valence-electron chi connectivity index (χ2n) is 7.85. The van der Waals surface area contributed by atoms with E-state index in [-0.39, 0.29) is 35.5 Å². The molecule has 6 atom stereocenters. The van der Waals surface area contributed by atoms with Gasteiger partial charge in [0.1, 0.15) is 0 Å². The van der Waals surface area contributed by atoms with Crippen molar-refractivity contribution >= 4 is 40.6 Å². The van der Waals surface area contributed by atoms with E-state index in [1.54, 1.807) is 19.4 Å². The molecule has 0 spiro atoms. The van der Waals surface area contributed by atoms with Crippen molar-refractivity contribution in [1.82, 2.24) is 5.01 Å². The van der Waals surface area contributed by atoms with Crippen LogP contribution < -0.4 is 9.47 Å². The summed E-state index contributed by atoms with van der Waals surface area (Å²) >= 11 is 2.18. The Kier molecular flexibility index (Phi) is 4.26. The van der Waals surface area contributed by atoms with Crippen LogP contribution in [0.1, 0.15) is 18.9 Å². The number of hydrogen-bond acceptors (Lipinski definition) is 5. The molecule has 0 N–H and O–H groups in total. The van der Waals surface area contributed by atoms with Gasteiger partial charge < -0.3 is 9.47 Å². The molecule has 7 heteroatoms. The molecule has 3 fully saturated rings. The number of halogens is 1. The van der Waals surface area contributed by atoms with Gasteiger partial charge in [-0.2, -0.15) is 10.1 Å². The van der Waals surface area contributed by atoms with Crippen molar-refractivity contribution in [3.63, 3.8) is 0 Å². The average molecular weight is 492 g/mol. The third-order valence-electron chi connectivity index (χ3n) is 6.50. The first kappa shape index (κ1) is 18.1. The number of ether oxygens (including phenoxy) is 2. The number of rotatable bonds is 5. The topological polar surface area (TPSA) is 68.2 Å². The molecule has 1 aromatic carbocycles. The van der Waals surface area contributed by atoms with Crippen molar-refractivity contribution in [2.75, 3.05) is 13.7 Å². The second-order valence-corrected chi connectivity index (χ2v) is 9.02. The molecular formula is C21H21IN2O4. The molecule has 1 heterocycles. The lowest BCUT2D eigenvalue weighted by molar-refractivity contribution is -0.140. The van der Waals surface area contributed by atoms with E-state index < -0.39 is 0 Å². The van der Waals surface area contributed by atoms with E-state index >= 15 is 0 Å². The fourth-order valence-electron chi connectivity index (χ4n) is 5.28. The molecule has 28 heavy (non-hydrogen) atoms. The third kappa shape index (κ3) is 2.54. The summed E-state index contributed by atoms with van der Waals surface area (Å²) in [6.07, 6.45) is 7.04. The summed E-state index contributed by atoms with van der Waals surface area (Å²) in [7, 11) is 1.58. The molecule has 2 amide bonds. The molecule has 0 aromatic heterocycles. The first-order valence-electron chi connectivity index (χ1n) is 9.65. The monoisotopic (exact) mass is 492 g/mol. The van der Waals surface area contributed by atoms with Gasteiger partial charge in [-0.1, -0.05) is 12.2 Å². The summed E-state index contributed by atoms with van der Waals surface area (Å²) < 4.78 is 11.9. The van der Waals surface area contributed by atoms with Crippen LogP contribution in [0.2, 0.25) is 0 Å². The molecule has 1 saturated heterocycles. The Morgan fingerprint density at radius 1 is 1.18 bits per heavy atom. The number of methoxy groups -OCH3 is 1. The van der Waals surface area contributed by atoms with Crippen LogP contribution in [0.4, 0.5) is 0 Å². The highest BCUT2D eigenvalue weighted by atomic mass is 127. The summed E-state index contributed by atoms with van der Waals surface area (Å²) in [5.74, 6) is 2.15. The molecule has 0 radical (unpaired) electrons. The quantitative estimate of drug-likeness (QED) is 0.274. The SMILES string of the molecule is CCOc1c(I)cc(C=NN2C(=O)C3C4C=CC(C5CC45)C3C2=O)cc1OC. The molecule has 6 nitrogen and oxygen atoms in total. The Bertz CT molecular complexity index is 891. The van der Waals surface area contributed by atoms with E-state index in [0.29, 0.717) is 29.9 Å². The Morgan fingerprint density at radius 2 is 1.82 bits per heavy atom. The summed E-state index contributed by atoms with van der Waals surface area (Å²) in [4.78, 5) is 25.9. The minimum atomic E-state index is -0.224. The van der Waals surface area contributed by atoms with Crippen LogP contribution in [0.5, 0.6) is 11.5 Å². The zero-order chi connectivity index (χ0) is 19.6. The molecule has 4 aliphatic carbocycles. The number of imide groups is 1. The van der Waals surface area contributed by atoms with Crippen molar-refractivity contribution in [3.8, 4) is 11.5 Å². The average Bonchev–Trinajstić information content (AvgIpc) is 3.47. The van der Waals surface area contributed by atoms with Crippen molar-refractivity contribution in [2.45, 2.75) is 13.3 Å². The van der Waals surface area contributed by atoms with Gasteiger partial charge in [-0.3, -0.25) is 9.59 Å². The number of hydrazone groups is 1.